The molecule has 34 heavy (non-hydrogen) atoms. The molecule has 3 aromatic rings. The Kier molecular flexibility index (Phi) is 7.70. The van der Waals surface area contributed by atoms with Gasteiger partial charge in [0.25, 0.3) is 5.91 Å². The number of benzene rings is 3. The zero-order valence-electron chi connectivity index (χ0n) is 19.8. The maximum absolute atomic E-state index is 13.4. The van der Waals surface area contributed by atoms with Gasteiger partial charge >= 0.3 is 0 Å². The first-order valence-electron chi connectivity index (χ1n) is 11.4. The summed E-state index contributed by atoms with van der Waals surface area (Å²) in [5.41, 5.74) is 4.02. The average molecular weight is 472 g/mol. The third kappa shape index (κ3) is 5.51. The lowest BCUT2D eigenvalue weighted by atomic mass is 10.1. The molecule has 1 saturated heterocycles. The summed E-state index contributed by atoms with van der Waals surface area (Å²) in [5.74, 6) is 0.751. The van der Waals surface area contributed by atoms with E-state index in [4.69, 9.17) is 9.73 Å². The molecule has 0 aliphatic carbocycles. The number of carbonyl (C=O) groups excluding carboxylic acids is 1. The highest BCUT2D eigenvalue weighted by molar-refractivity contribution is 8.18. The van der Waals surface area contributed by atoms with Crippen molar-refractivity contribution < 1.29 is 9.53 Å². The molecule has 0 unspecified atom stereocenters. The largest absolute Gasteiger partial charge is 0.497 e. The molecule has 1 heterocycles. The second-order valence-corrected chi connectivity index (χ2v) is 8.85. The molecule has 1 amide bonds. The molecule has 0 atom stereocenters. The number of hydrogen-bond acceptors (Lipinski definition) is 5. The highest BCUT2D eigenvalue weighted by Crippen LogP contribution is 2.35. The van der Waals surface area contributed by atoms with Gasteiger partial charge in [0.2, 0.25) is 0 Å². The van der Waals surface area contributed by atoms with Crippen molar-refractivity contribution in [2.45, 2.75) is 20.4 Å². The van der Waals surface area contributed by atoms with Gasteiger partial charge in [0.05, 0.1) is 24.2 Å². The van der Waals surface area contributed by atoms with Crippen LogP contribution >= 0.6 is 11.8 Å². The molecular weight excluding hydrogens is 442 g/mol. The highest BCUT2D eigenvalue weighted by atomic mass is 32.2. The van der Waals surface area contributed by atoms with E-state index in [1.54, 1.807) is 12.0 Å². The van der Waals surface area contributed by atoms with Crippen LogP contribution in [-0.2, 0) is 11.3 Å². The lowest BCUT2D eigenvalue weighted by Crippen LogP contribution is -2.28. The first-order valence-corrected chi connectivity index (χ1v) is 12.3. The SMILES string of the molecule is CCN(CC)c1ccc(/C=C2\SC(=Nc3ccccc3)N(Cc3ccc(OC)cc3)C2=O)cc1. The molecule has 1 fully saturated rings. The van der Waals surface area contributed by atoms with Crippen LogP contribution < -0.4 is 9.64 Å². The number of rotatable bonds is 8. The summed E-state index contributed by atoms with van der Waals surface area (Å²) in [6, 6.07) is 25.9. The number of amidine groups is 1. The zero-order valence-corrected chi connectivity index (χ0v) is 20.6. The van der Waals surface area contributed by atoms with Crippen molar-refractivity contribution in [3.05, 3.63) is 94.9 Å². The quantitative estimate of drug-likeness (QED) is 0.359. The molecule has 0 N–H and O–H groups in total. The molecule has 0 aromatic heterocycles. The second-order valence-electron chi connectivity index (χ2n) is 7.84. The minimum Gasteiger partial charge on any atom is -0.497 e. The molecular formula is C28H29N3O2S. The number of para-hydroxylation sites is 1. The molecule has 174 valence electrons. The predicted octanol–water partition coefficient (Wildman–Crippen LogP) is 6.35. The van der Waals surface area contributed by atoms with E-state index in [-0.39, 0.29) is 5.91 Å². The number of nitrogens with zero attached hydrogens (tertiary/aromatic N) is 3. The predicted molar refractivity (Wildman–Crippen MR) is 143 cm³/mol. The Hall–Kier alpha value is -3.51. The number of anilines is 1. The third-order valence-electron chi connectivity index (χ3n) is 5.69. The average Bonchev–Trinajstić information content (AvgIpc) is 3.15. The molecule has 0 bridgehead atoms. The topological polar surface area (TPSA) is 45.1 Å². The second kappa shape index (κ2) is 11.1. The van der Waals surface area contributed by atoms with Gasteiger partial charge in [-0.25, -0.2) is 4.99 Å². The fourth-order valence-electron chi connectivity index (χ4n) is 3.78. The Morgan fingerprint density at radius 2 is 1.62 bits per heavy atom. The first-order chi connectivity index (χ1) is 16.6. The van der Waals surface area contributed by atoms with Crippen LogP contribution in [0.2, 0.25) is 0 Å². The van der Waals surface area contributed by atoms with E-state index in [1.165, 1.54) is 17.4 Å². The van der Waals surface area contributed by atoms with Crippen LogP contribution in [0.3, 0.4) is 0 Å². The Morgan fingerprint density at radius 1 is 0.941 bits per heavy atom. The Morgan fingerprint density at radius 3 is 2.24 bits per heavy atom. The van der Waals surface area contributed by atoms with Gasteiger partial charge in [-0.2, -0.15) is 0 Å². The standard InChI is InChI=1S/C28H29N3O2S/c1-4-30(5-2)24-15-11-21(12-16-24)19-26-27(32)31(20-22-13-17-25(33-3)18-14-22)28(34-26)29-23-9-7-6-8-10-23/h6-19H,4-5,20H2,1-3H3/b26-19-,29-28?. The zero-order chi connectivity index (χ0) is 23.9. The summed E-state index contributed by atoms with van der Waals surface area (Å²) in [7, 11) is 1.64. The molecule has 4 rings (SSSR count). The summed E-state index contributed by atoms with van der Waals surface area (Å²) in [5, 5.41) is 0.679. The van der Waals surface area contributed by atoms with Crippen molar-refractivity contribution in [3.8, 4) is 5.75 Å². The van der Waals surface area contributed by atoms with Gasteiger partial charge in [0.1, 0.15) is 5.75 Å². The van der Waals surface area contributed by atoms with Crippen LogP contribution in [0.15, 0.2) is 88.8 Å². The van der Waals surface area contributed by atoms with Crippen molar-refractivity contribution in [1.29, 1.82) is 0 Å². The highest BCUT2D eigenvalue weighted by Gasteiger charge is 2.33. The number of carbonyl (C=O) groups is 1. The summed E-state index contributed by atoms with van der Waals surface area (Å²) in [6.45, 7) is 6.67. The lowest BCUT2D eigenvalue weighted by molar-refractivity contribution is -0.122. The number of methoxy groups -OCH3 is 1. The monoisotopic (exact) mass is 471 g/mol. The molecule has 5 nitrogen and oxygen atoms in total. The summed E-state index contributed by atoms with van der Waals surface area (Å²) < 4.78 is 5.26. The van der Waals surface area contributed by atoms with Gasteiger partial charge in [-0.3, -0.25) is 9.69 Å². The van der Waals surface area contributed by atoms with Crippen LogP contribution in [0.4, 0.5) is 11.4 Å². The minimum atomic E-state index is -0.0386. The molecule has 1 aliphatic heterocycles. The van der Waals surface area contributed by atoms with E-state index >= 15 is 0 Å². The smallest absolute Gasteiger partial charge is 0.267 e. The van der Waals surface area contributed by atoms with Crippen molar-refractivity contribution in [2.75, 3.05) is 25.1 Å². The van der Waals surface area contributed by atoms with Crippen molar-refractivity contribution in [2.24, 2.45) is 4.99 Å². The van der Waals surface area contributed by atoms with E-state index in [2.05, 4.69) is 43.0 Å². The fourth-order valence-corrected chi connectivity index (χ4v) is 4.78. The van der Waals surface area contributed by atoms with Crippen molar-refractivity contribution in [1.82, 2.24) is 4.90 Å². The van der Waals surface area contributed by atoms with E-state index in [0.29, 0.717) is 16.6 Å². The van der Waals surface area contributed by atoms with Gasteiger partial charge in [-0.05, 0) is 79.2 Å². The summed E-state index contributed by atoms with van der Waals surface area (Å²) >= 11 is 1.42. The summed E-state index contributed by atoms with van der Waals surface area (Å²) in [6.07, 6.45) is 1.95. The van der Waals surface area contributed by atoms with Gasteiger partial charge < -0.3 is 9.64 Å². The molecule has 3 aromatic carbocycles. The number of hydrogen-bond donors (Lipinski definition) is 0. The minimum absolute atomic E-state index is 0.0386. The fraction of sp³-hybridized carbons (Fsp3) is 0.214. The van der Waals surface area contributed by atoms with Crippen molar-refractivity contribution >= 4 is 40.3 Å². The van der Waals surface area contributed by atoms with Crippen LogP contribution in [0.25, 0.3) is 6.08 Å². The third-order valence-corrected chi connectivity index (χ3v) is 6.69. The van der Waals surface area contributed by atoms with Gasteiger partial charge in [0, 0.05) is 18.8 Å². The first kappa shape index (κ1) is 23.6. The van der Waals surface area contributed by atoms with Crippen LogP contribution in [-0.4, -0.2) is 36.2 Å². The van der Waals surface area contributed by atoms with Crippen LogP contribution in [0, 0.1) is 0 Å². The number of thioether (sulfide) groups is 1. The van der Waals surface area contributed by atoms with E-state index in [0.717, 1.165) is 35.7 Å². The number of amides is 1. The molecule has 6 heteroatoms. The summed E-state index contributed by atoms with van der Waals surface area (Å²) in [4.78, 5) is 22.9. The maximum Gasteiger partial charge on any atom is 0.267 e. The normalized spacial score (nSPS) is 15.9. The Labute approximate surface area is 205 Å². The Balaban J connectivity index is 1.62. The van der Waals surface area contributed by atoms with Crippen LogP contribution in [0.5, 0.6) is 5.75 Å². The van der Waals surface area contributed by atoms with E-state index < -0.39 is 0 Å². The molecule has 0 saturated carbocycles. The van der Waals surface area contributed by atoms with Crippen LogP contribution in [0.1, 0.15) is 25.0 Å². The number of ether oxygens (including phenoxy) is 1. The van der Waals surface area contributed by atoms with Gasteiger partial charge in [-0.1, -0.05) is 42.5 Å². The van der Waals surface area contributed by atoms with Gasteiger partial charge in [-0.15, -0.1) is 0 Å². The van der Waals surface area contributed by atoms with E-state index in [1.807, 2.05) is 60.7 Å². The van der Waals surface area contributed by atoms with Gasteiger partial charge in [0.15, 0.2) is 5.17 Å². The molecule has 1 aliphatic rings. The molecule has 0 spiro atoms. The number of aliphatic imine (C=N–C) groups is 1. The molecule has 0 radical (unpaired) electrons. The van der Waals surface area contributed by atoms with E-state index in [9.17, 15) is 4.79 Å². The Bertz CT molecular complexity index is 1170. The lowest BCUT2D eigenvalue weighted by Gasteiger charge is -2.20. The van der Waals surface area contributed by atoms with Crippen molar-refractivity contribution in [3.63, 3.8) is 0 Å². The maximum atomic E-state index is 13.4.